The van der Waals surface area contributed by atoms with Crippen molar-refractivity contribution >= 4 is 23.7 Å². The maximum Gasteiger partial charge on any atom is 0.342 e. The molecule has 1 aliphatic rings. The fourth-order valence-electron chi connectivity index (χ4n) is 5.23. The van der Waals surface area contributed by atoms with E-state index in [1.54, 1.807) is 31.2 Å². The summed E-state index contributed by atoms with van der Waals surface area (Å²) in [7, 11) is 4.32. The van der Waals surface area contributed by atoms with Gasteiger partial charge in [-0.1, -0.05) is 12.2 Å². The molecular weight excluding hydrogens is 570 g/mol. The number of amides is 1. The van der Waals surface area contributed by atoms with Crippen LogP contribution in [0.15, 0.2) is 24.3 Å². The van der Waals surface area contributed by atoms with Crippen LogP contribution in [0.4, 0.5) is 0 Å². The van der Waals surface area contributed by atoms with Gasteiger partial charge in [-0.25, -0.2) is 4.79 Å². The van der Waals surface area contributed by atoms with Gasteiger partial charge in [-0.3, -0.25) is 9.59 Å². The molecule has 1 amide bonds. The number of allylic oxidation sites excluding steroid dienone is 1. The second-order valence-corrected chi connectivity index (χ2v) is 10.9. The van der Waals surface area contributed by atoms with Gasteiger partial charge in [0.2, 0.25) is 11.7 Å². The van der Waals surface area contributed by atoms with Crippen LogP contribution in [-0.2, 0) is 14.3 Å². The second kappa shape index (κ2) is 16.0. The lowest BCUT2D eigenvalue weighted by Crippen LogP contribution is -2.31. The predicted molar refractivity (Wildman–Crippen MR) is 164 cm³/mol. The summed E-state index contributed by atoms with van der Waals surface area (Å²) in [6, 6.07) is 4.55. The molecule has 0 bridgehead atoms. The first-order valence-electron chi connectivity index (χ1n) is 14.7. The van der Waals surface area contributed by atoms with E-state index in [-0.39, 0.29) is 52.7 Å². The predicted octanol–water partition coefficient (Wildman–Crippen LogP) is 4.62. The first kappa shape index (κ1) is 34.2. The highest BCUT2D eigenvalue weighted by Crippen LogP contribution is 2.47. The summed E-state index contributed by atoms with van der Waals surface area (Å²) in [6.45, 7) is 3.23. The third kappa shape index (κ3) is 8.66. The van der Waals surface area contributed by atoms with Crippen molar-refractivity contribution in [2.24, 2.45) is 0 Å². The first-order valence-corrected chi connectivity index (χ1v) is 14.7. The summed E-state index contributed by atoms with van der Waals surface area (Å²) in [4.78, 5) is 38.8. The second-order valence-electron chi connectivity index (χ2n) is 10.9. The minimum Gasteiger partial charge on any atom is -0.507 e. The van der Waals surface area contributed by atoms with Gasteiger partial charge >= 0.3 is 5.97 Å². The number of carbonyl (C=O) groups excluding carboxylic acids is 3. The number of methoxy groups -OCH3 is 3. The van der Waals surface area contributed by atoms with Crippen LogP contribution in [0.25, 0.3) is 6.08 Å². The molecule has 0 fully saturated rings. The quantitative estimate of drug-likeness (QED) is 0.294. The Balaban J connectivity index is 2.23. The number of phenols is 2. The van der Waals surface area contributed by atoms with E-state index in [0.717, 1.165) is 0 Å². The maximum atomic E-state index is 13.5. The van der Waals surface area contributed by atoms with Gasteiger partial charge in [-0.05, 0) is 68.9 Å². The number of nitrogens with one attached hydrogen (secondary N) is 1. The Morgan fingerprint density at radius 2 is 1.70 bits per heavy atom. The normalized spacial score (nSPS) is 18.2. The average molecular weight is 614 g/mol. The highest BCUT2D eigenvalue weighted by atomic mass is 16.5. The lowest BCUT2D eigenvalue weighted by molar-refractivity contribution is -0.122. The maximum absolute atomic E-state index is 13.5. The lowest BCUT2D eigenvalue weighted by Gasteiger charge is -2.24. The van der Waals surface area contributed by atoms with Crippen molar-refractivity contribution in [1.82, 2.24) is 5.32 Å². The summed E-state index contributed by atoms with van der Waals surface area (Å²) in [5, 5.41) is 35.4. The molecule has 2 aromatic rings. The topological polar surface area (TPSA) is 161 Å². The fourth-order valence-corrected chi connectivity index (χ4v) is 5.23. The molecular formula is C33H43NO10. The molecule has 1 aliphatic heterocycles. The minimum atomic E-state index is -1.00. The van der Waals surface area contributed by atoms with Gasteiger partial charge in [0.25, 0.3) is 0 Å². The summed E-state index contributed by atoms with van der Waals surface area (Å²) in [6.07, 6.45) is 4.81. The molecule has 44 heavy (non-hydrogen) atoms. The molecule has 0 aromatic heterocycles. The zero-order valence-corrected chi connectivity index (χ0v) is 26.0. The first-order chi connectivity index (χ1) is 21.0. The molecule has 11 nitrogen and oxygen atoms in total. The van der Waals surface area contributed by atoms with Crippen molar-refractivity contribution in [3.63, 3.8) is 0 Å². The van der Waals surface area contributed by atoms with Crippen molar-refractivity contribution in [1.29, 1.82) is 0 Å². The molecule has 0 radical (unpaired) electrons. The number of ether oxygens (including phenoxy) is 4. The summed E-state index contributed by atoms with van der Waals surface area (Å²) >= 11 is 0. The number of benzene rings is 2. The van der Waals surface area contributed by atoms with Crippen LogP contribution in [0, 0.1) is 0 Å². The molecule has 3 rings (SSSR count). The lowest BCUT2D eigenvalue weighted by atomic mass is 9.84. The number of aliphatic hydroxyl groups excluding tert-OH is 1. The van der Waals surface area contributed by atoms with Crippen molar-refractivity contribution in [3.8, 4) is 28.7 Å². The van der Waals surface area contributed by atoms with E-state index in [4.69, 9.17) is 18.9 Å². The summed E-state index contributed by atoms with van der Waals surface area (Å²) in [5.74, 6) is -2.16. The number of aromatic hydroxyl groups is 2. The number of aliphatic hydroxyl groups is 1. The molecule has 1 heterocycles. The number of phenolic OH excluding ortho intramolecular Hbond substituents is 2. The third-order valence-electron chi connectivity index (χ3n) is 7.47. The van der Waals surface area contributed by atoms with Crippen LogP contribution in [0.5, 0.6) is 28.7 Å². The van der Waals surface area contributed by atoms with Crippen LogP contribution in [0.2, 0.25) is 0 Å². The van der Waals surface area contributed by atoms with E-state index in [0.29, 0.717) is 49.8 Å². The van der Waals surface area contributed by atoms with Gasteiger partial charge in [-0.2, -0.15) is 0 Å². The average Bonchev–Trinajstić information content (AvgIpc) is 2.97. The number of fused-ring (bicyclic) bond motifs is 1. The zero-order valence-electron chi connectivity index (χ0n) is 26.0. The zero-order chi connectivity index (χ0) is 32.4. The van der Waals surface area contributed by atoms with Crippen molar-refractivity contribution in [2.75, 3.05) is 27.9 Å². The Morgan fingerprint density at radius 1 is 1.05 bits per heavy atom. The minimum absolute atomic E-state index is 0.0104. The SMILES string of the molecule is COc1cc(C(CC(=O)NC[C@@H](C)O)c2c(O)cc3c(c2O)C(=O)O[C@@H](C)CCCC(=O)CCC/C=C/3)cc(OC)c1OC. The number of carbonyl (C=O) groups is 3. The smallest absolute Gasteiger partial charge is 0.342 e. The number of ketones is 1. The van der Waals surface area contributed by atoms with E-state index in [1.807, 2.05) is 0 Å². The Labute approximate surface area is 257 Å². The molecule has 4 N–H and O–H groups in total. The van der Waals surface area contributed by atoms with Crippen molar-refractivity contribution in [3.05, 3.63) is 46.5 Å². The molecule has 0 aliphatic carbocycles. The number of hydrogen-bond acceptors (Lipinski definition) is 10. The number of cyclic esters (lactones) is 1. The summed E-state index contributed by atoms with van der Waals surface area (Å²) in [5.41, 5.74) is 0.414. The fraction of sp³-hybridized carbons (Fsp3) is 0.485. The Kier molecular flexibility index (Phi) is 12.5. The number of hydrogen-bond donors (Lipinski definition) is 4. The van der Waals surface area contributed by atoms with Gasteiger partial charge < -0.3 is 39.6 Å². The van der Waals surface area contributed by atoms with E-state index < -0.39 is 35.8 Å². The largest absolute Gasteiger partial charge is 0.507 e. The van der Waals surface area contributed by atoms with E-state index >= 15 is 0 Å². The molecule has 0 saturated heterocycles. The highest BCUT2D eigenvalue weighted by Gasteiger charge is 2.32. The molecule has 11 heteroatoms. The summed E-state index contributed by atoms with van der Waals surface area (Å²) < 4.78 is 22.1. The van der Waals surface area contributed by atoms with Gasteiger partial charge in [0.1, 0.15) is 22.8 Å². The van der Waals surface area contributed by atoms with Crippen molar-refractivity contribution < 1.29 is 48.7 Å². The molecule has 0 spiro atoms. The molecule has 0 saturated carbocycles. The molecule has 1 unspecified atom stereocenters. The number of Topliss-reactive ketones (excluding diaryl/α,β-unsaturated/α-hetero) is 1. The van der Waals surface area contributed by atoms with Crippen LogP contribution in [0.1, 0.15) is 91.8 Å². The monoisotopic (exact) mass is 613 g/mol. The van der Waals surface area contributed by atoms with Gasteiger partial charge in [0.15, 0.2) is 11.5 Å². The molecule has 3 atom stereocenters. The Hall–Kier alpha value is -4.25. The third-order valence-corrected chi connectivity index (χ3v) is 7.47. The Bertz CT molecular complexity index is 1340. The van der Waals surface area contributed by atoms with Gasteiger partial charge in [0.05, 0.1) is 33.5 Å². The van der Waals surface area contributed by atoms with Crippen molar-refractivity contribution in [2.45, 2.75) is 76.9 Å². The van der Waals surface area contributed by atoms with E-state index in [1.165, 1.54) is 34.3 Å². The standard InChI is InChI=1S/C33H43NO10/c1-19(35)18-34-28(38)17-24(22-15-26(41-3)32(43-5)27(16-22)42-4)30-25(37)14-21-11-7-6-8-12-23(36)13-9-10-20(2)44-33(40)29(21)31(30)39/h7,11,14-16,19-20,24,35,37,39H,6,8-10,12-13,17-18H2,1-5H3,(H,34,38)/b11-7+/t19-,20+,24?/m1/s1. The molecule has 240 valence electrons. The molecule has 2 aromatic carbocycles. The van der Waals surface area contributed by atoms with Crippen LogP contribution in [0.3, 0.4) is 0 Å². The van der Waals surface area contributed by atoms with Gasteiger partial charge in [-0.15, -0.1) is 0 Å². The number of rotatable bonds is 9. The van der Waals surface area contributed by atoms with Crippen LogP contribution >= 0.6 is 0 Å². The van der Waals surface area contributed by atoms with Crippen LogP contribution < -0.4 is 19.5 Å². The Morgan fingerprint density at radius 3 is 2.32 bits per heavy atom. The highest BCUT2D eigenvalue weighted by molar-refractivity contribution is 5.98. The number of esters is 1. The van der Waals surface area contributed by atoms with E-state index in [9.17, 15) is 29.7 Å². The van der Waals surface area contributed by atoms with Gasteiger partial charge in [0, 0.05) is 37.3 Å². The van der Waals surface area contributed by atoms with E-state index in [2.05, 4.69) is 5.32 Å². The van der Waals surface area contributed by atoms with Crippen LogP contribution in [-0.4, -0.2) is 73.1 Å².